The van der Waals surface area contributed by atoms with Crippen LogP contribution in [0.3, 0.4) is 0 Å². The third-order valence-corrected chi connectivity index (χ3v) is 2.14. The molecule has 8 heteroatoms. The monoisotopic (exact) mass is 283 g/mol. The average molecular weight is 283 g/mol. The van der Waals surface area contributed by atoms with Gasteiger partial charge in [-0.15, -0.1) is 0 Å². The van der Waals surface area contributed by atoms with Crippen molar-refractivity contribution in [1.29, 1.82) is 0 Å². The van der Waals surface area contributed by atoms with Crippen molar-refractivity contribution in [1.82, 2.24) is 4.98 Å². The van der Waals surface area contributed by atoms with Gasteiger partial charge in [0.1, 0.15) is 5.69 Å². The van der Waals surface area contributed by atoms with Gasteiger partial charge in [-0.05, 0) is 19.1 Å². The third kappa shape index (κ3) is 4.15. The number of hydrogen-bond donors (Lipinski definition) is 0. The number of hydrogen-bond acceptors (Lipinski definition) is 3. The molecule has 0 aliphatic heterocycles. The molecule has 0 aliphatic carbocycles. The van der Waals surface area contributed by atoms with Crippen LogP contribution >= 0.6 is 0 Å². The topological polar surface area (TPSA) is 39.2 Å². The van der Waals surface area contributed by atoms with Crippen LogP contribution in [-0.2, 0) is 22.1 Å². The van der Waals surface area contributed by atoms with Crippen molar-refractivity contribution >= 4 is 5.97 Å². The van der Waals surface area contributed by atoms with Gasteiger partial charge in [0.2, 0.25) is 0 Å². The number of alkyl halides is 5. The molecular weight excluding hydrogens is 273 g/mol. The number of carbonyl (C=O) groups excluding carboxylic acids is 1. The highest BCUT2D eigenvalue weighted by Gasteiger charge is 2.35. The minimum absolute atomic E-state index is 0.0191. The Morgan fingerprint density at radius 2 is 2.00 bits per heavy atom. The Bertz CT molecular complexity index is 459. The van der Waals surface area contributed by atoms with Crippen molar-refractivity contribution in [2.75, 3.05) is 6.61 Å². The molecule has 0 atom stereocenters. The predicted octanol–water partition coefficient (Wildman–Crippen LogP) is 3.14. The third-order valence-electron chi connectivity index (χ3n) is 2.14. The van der Waals surface area contributed by atoms with Crippen molar-refractivity contribution in [3.8, 4) is 0 Å². The fraction of sp³-hybridized carbons (Fsp3) is 0.455. The van der Waals surface area contributed by atoms with Crippen molar-refractivity contribution in [3.05, 3.63) is 29.1 Å². The lowest BCUT2D eigenvalue weighted by Crippen LogP contribution is -2.16. The summed E-state index contributed by atoms with van der Waals surface area (Å²) in [6, 6.07) is 1.07. The molecule has 19 heavy (non-hydrogen) atoms. The largest absolute Gasteiger partial charge is 0.466 e. The maximum atomic E-state index is 12.6. The van der Waals surface area contributed by atoms with Crippen LogP contribution in [0.1, 0.15) is 30.3 Å². The first-order chi connectivity index (χ1) is 8.75. The number of nitrogens with zero attached hydrogens (tertiary/aromatic N) is 1. The molecule has 1 heterocycles. The lowest BCUT2D eigenvalue weighted by atomic mass is 10.1. The normalized spacial score (nSPS) is 11.7. The van der Waals surface area contributed by atoms with Crippen LogP contribution in [0.4, 0.5) is 22.0 Å². The summed E-state index contributed by atoms with van der Waals surface area (Å²) in [5.41, 5.74) is -2.79. The lowest BCUT2D eigenvalue weighted by Gasteiger charge is -2.12. The SMILES string of the molecule is CCOC(=O)Cc1nc(C(F)F)ccc1C(F)(F)F. The minimum Gasteiger partial charge on any atom is -0.466 e. The molecule has 0 aromatic carbocycles. The highest BCUT2D eigenvalue weighted by molar-refractivity contribution is 5.72. The molecule has 1 aromatic rings. The van der Waals surface area contributed by atoms with E-state index in [2.05, 4.69) is 9.72 Å². The Labute approximate surface area is 105 Å². The zero-order chi connectivity index (χ0) is 14.6. The van der Waals surface area contributed by atoms with E-state index >= 15 is 0 Å². The van der Waals surface area contributed by atoms with E-state index in [0.29, 0.717) is 12.1 Å². The molecule has 0 saturated carbocycles. The summed E-state index contributed by atoms with van der Waals surface area (Å²) in [6.07, 6.45) is -8.58. The fourth-order valence-electron chi connectivity index (χ4n) is 1.38. The van der Waals surface area contributed by atoms with Gasteiger partial charge in [-0.1, -0.05) is 0 Å². The minimum atomic E-state index is -4.77. The molecule has 106 valence electrons. The molecule has 1 rings (SSSR count). The van der Waals surface area contributed by atoms with Crippen molar-refractivity contribution in [2.24, 2.45) is 0 Å². The second kappa shape index (κ2) is 5.94. The van der Waals surface area contributed by atoms with Crippen LogP contribution in [0.25, 0.3) is 0 Å². The van der Waals surface area contributed by atoms with Crippen molar-refractivity contribution < 1.29 is 31.5 Å². The van der Waals surface area contributed by atoms with Crippen LogP contribution in [0, 0.1) is 0 Å². The van der Waals surface area contributed by atoms with Crippen molar-refractivity contribution in [2.45, 2.75) is 25.9 Å². The van der Waals surface area contributed by atoms with E-state index in [-0.39, 0.29) is 6.61 Å². The number of pyridine rings is 1. The molecule has 0 N–H and O–H groups in total. The molecule has 3 nitrogen and oxygen atoms in total. The van der Waals surface area contributed by atoms with Crippen molar-refractivity contribution in [3.63, 3.8) is 0 Å². The van der Waals surface area contributed by atoms with Gasteiger partial charge in [0.15, 0.2) is 0 Å². The van der Waals surface area contributed by atoms with E-state index in [1.807, 2.05) is 0 Å². The van der Waals surface area contributed by atoms with Crippen LogP contribution in [-0.4, -0.2) is 17.6 Å². The van der Waals surface area contributed by atoms with Gasteiger partial charge in [-0.3, -0.25) is 9.78 Å². The zero-order valence-corrected chi connectivity index (χ0v) is 9.80. The fourth-order valence-corrected chi connectivity index (χ4v) is 1.38. The first kappa shape index (κ1) is 15.3. The molecule has 0 radical (unpaired) electrons. The van der Waals surface area contributed by atoms with Crippen LogP contribution in [0.5, 0.6) is 0 Å². The highest BCUT2D eigenvalue weighted by atomic mass is 19.4. The summed E-state index contributed by atoms with van der Waals surface area (Å²) in [6.45, 7) is 1.46. The summed E-state index contributed by atoms with van der Waals surface area (Å²) in [5, 5.41) is 0. The summed E-state index contributed by atoms with van der Waals surface area (Å²) in [4.78, 5) is 14.3. The molecule has 0 amide bonds. The molecule has 0 aliphatic rings. The first-order valence-corrected chi connectivity index (χ1v) is 5.26. The first-order valence-electron chi connectivity index (χ1n) is 5.26. The van der Waals surface area contributed by atoms with Gasteiger partial charge in [-0.2, -0.15) is 13.2 Å². The maximum absolute atomic E-state index is 12.6. The van der Waals surface area contributed by atoms with Gasteiger partial charge in [0.25, 0.3) is 6.43 Å². The lowest BCUT2D eigenvalue weighted by molar-refractivity contribution is -0.143. The summed E-state index contributed by atoms with van der Waals surface area (Å²) >= 11 is 0. The van der Waals surface area contributed by atoms with Crippen LogP contribution in [0.2, 0.25) is 0 Å². The number of carbonyl (C=O) groups is 1. The number of ether oxygens (including phenoxy) is 1. The Hall–Kier alpha value is -1.73. The Morgan fingerprint density at radius 1 is 1.37 bits per heavy atom. The molecule has 0 fully saturated rings. The molecular formula is C11H10F5NO2. The summed E-state index contributed by atoms with van der Waals surface area (Å²) < 4.78 is 67.2. The number of rotatable bonds is 4. The van der Waals surface area contributed by atoms with E-state index in [4.69, 9.17) is 0 Å². The highest BCUT2D eigenvalue weighted by Crippen LogP contribution is 2.32. The number of halogens is 5. The van der Waals surface area contributed by atoms with Gasteiger partial charge < -0.3 is 4.74 Å². The Morgan fingerprint density at radius 3 is 2.47 bits per heavy atom. The smallest absolute Gasteiger partial charge is 0.418 e. The van der Waals surface area contributed by atoms with Gasteiger partial charge in [-0.25, -0.2) is 8.78 Å². The van der Waals surface area contributed by atoms with Gasteiger partial charge >= 0.3 is 12.1 Å². The molecule has 0 unspecified atom stereocenters. The Kier molecular flexibility index (Phi) is 4.79. The van der Waals surface area contributed by atoms with Gasteiger partial charge in [0, 0.05) is 0 Å². The number of aromatic nitrogens is 1. The predicted molar refractivity (Wildman–Crippen MR) is 54.5 cm³/mol. The zero-order valence-electron chi connectivity index (χ0n) is 9.80. The second-order valence-corrected chi connectivity index (χ2v) is 3.51. The quantitative estimate of drug-likeness (QED) is 0.629. The molecule has 1 aromatic heterocycles. The molecule has 0 bridgehead atoms. The maximum Gasteiger partial charge on any atom is 0.418 e. The van der Waals surface area contributed by atoms with E-state index in [1.54, 1.807) is 0 Å². The average Bonchev–Trinajstić information content (AvgIpc) is 2.27. The van der Waals surface area contributed by atoms with E-state index in [0.717, 1.165) is 0 Å². The standard InChI is InChI=1S/C11H10F5NO2/c1-2-19-9(18)5-8-6(11(14,15)16)3-4-7(17-8)10(12)13/h3-4,10H,2,5H2,1H3. The molecule has 0 saturated heterocycles. The van der Waals surface area contributed by atoms with E-state index < -0.39 is 41.9 Å². The summed E-state index contributed by atoms with van der Waals surface area (Å²) in [5.74, 6) is -0.952. The van der Waals surface area contributed by atoms with Crippen LogP contribution in [0.15, 0.2) is 12.1 Å². The second-order valence-electron chi connectivity index (χ2n) is 3.51. The Balaban J connectivity index is 3.15. The van der Waals surface area contributed by atoms with Crippen LogP contribution < -0.4 is 0 Å². The van der Waals surface area contributed by atoms with E-state index in [1.165, 1.54) is 6.92 Å². The van der Waals surface area contributed by atoms with Gasteiger partial charge in [0.05, 0.1) is 24.3 Å². The molecule has 0 spiro atoms. The number of esters is 1. The summed E-state index contributed by atoms with van der Waals surface area (Å²) in [7, 11) is 0. The van der Waals surface area contributed by atoms with E-state index in [9.17, 15) is 26.7 Å².